The maximum Gasteiger partial charge on any atom is 0.316 e. The first-order valence-corrected chi connectivity index (χ1v) is 5.49. The standard InChI is InChI=1S/C11H21NO3/c1-4-9(11(14)15)10(13)12-7-5-6-8(2)3/h8-9H,4-7H2,1-3H3,(H,12,13)(H,14,15). The summed E-state index contributed by atoms with van der Waals surface area (Å²) in [5.74, 6) is -1.69. The zero-order chi connectivity index (χ0) is 11.8. The van der Waals surface area contributed by atoms with Crippen LogP contribution >= 0.6 is 0 Å². The van der Waals surface area contributed by atoms with E-state index in [0.29, 0.717) is 18.9 Å². The van der Waals surface area contributed by atoms with E-state index in [2.05, 4.69) is 19.2 Å². The van der Waals surface area contributed by atoms with Crippen LogP contribution in [-0.2, 0) is 9.59 Å². The van der Waals surface area contributed by atoms with Crippen molar-refractivity contribution in [3.8, 4) is 0 Å². The minimum absolute atomic E-state index is 0.339. The molecular weight excluding hydrogens is 194 g/mol. The molecule has 0 bridgehead atoms. The highest BCUT2D eigenvalue weighted by atomic mass is 16.4. The Hall–Kier alpha value is -1.06. The first-order chi connectivity index (χ1) is 6.99. The average molecular weight is 215 g/mol. The van der Waals surface area contributed by atoms with Crippen molar-refractivity contribution >= 4 is 11.9 Å². The number of carboxylic acid groups (broad SMARTS) is 1. The van der Waals surface area contributed by atoms with Crippen LogP contribution in [0.15, 0.2) is 0 Å². The number of hydrogen-bond acceptors (Lipinski definition) is 2. The van der Waals surface area contributed by atoms with Gasteiger partial charge in [-0.3, -0.25) is 9.59 Å². The van der Waals surface area contributed by atoms with Crippen molar-refractivity contribution in [2.24, 2.45) is 11.8 Å². The van der Waals surface area contributed by atoms with E-state index < -0.39 is 11.9 Å². The monoisotopic (exact) mass is 215 g/mol. The molecular formula is C11H21NO3. The molecule has 0 aromatic heterocycles. The largest absolute Gasteiger partial charge is 0.481 e. The van der Waals surface area contributed by atoms with E-state index in [-0.39, 0.29) is 5.91 Å². The molecule has 4 nitrogen and oxygen atoms in total. The third-order valence-corrected chi connectivity index (χ3v) is 2.28. The molecule has 0 aliphatic rings. The highest BCUT2D eigenvalue weighted by Crippen LogP contribution is 2.04. The van der Waals surface area contributed by atoms with Crippen molar-refractivity contribution in [3.05, 3.63) is 0 Å². The van der Waals surface area contributed by atoms with Gasteiger partial charge in [-0.05, 0) is 25.2 Å². The Kier molecular flexibility index (Phi) is 6.75. The van der Waals surface area contributed by atoms with Crippen molar-refractivity contribution in [3.63, 3.8) is 0 Å². The lowest BCUT2D eigenvalue weighted by molar-refractivity contribution is -0.147. The summed E-state index contributed by atoms with van der Waals surface area (Å²) >= 11 is 0. The second-order valence-corrected chi connectivity index (χ2v) is 4.13. The molecule has 0 saturated carbocycles. The van der Waals surface area contributed by atoms with Gasteiger partial charge in [0, 0.05) is 6.54 Å². The van der Waals surface area contributed by atoms with Gasteiger partial charge >= 0.3 is 5.97 Å². The molecule has 1 unspecified atom stereocenters. The molecule has 0 radical (unpaired) electrons. The van der Waals surface area contributed by atoms with Crippen LogP contribution in [0.25, 0.3) is 0 Å². The lowest BCUT2D eigenvalue weighted by Gasteiger charge is -2.11. The van der Waals surface area contributed by atoms with Gasteiger partial charge in [-0.15, -0.1) is 0 Å². The van der Waals surface area contributed by atoms with Crippen molar-refractivity contribution in [1.82, 2.24) is 5.32 Å². The molecule has 0 spiro atoms. The number of rotatable bonds is 7. The lowest BCUT2D eigenvalue weighted by Crippen LogP contribution is -2.35. The van der Waals surface area contributed by atoms with Crippen molar-refractivity contribution in [1.29, 1.82) is 0 Å². The van der Waals surface area contributed by atoms with Crippen molar-refractivity contribution in [2.75, 3.05) is 6.54 Å². The van der Waals surface area contributed by atoms with Crippen LogP contribution in [0.3, 0.4) is 0 Å². The van der Waals surface area contributed by atoms with E-state index in [1.165, 1.54) is 0 Å². The maximum atomic E-state index is 11.4. The molecule has 0 rings (SSSR count). The van der Waals surface area contributed by atoms with Crippen LogP contribution in [0, 0.1) is 11.8 Å². The minimum Gasteiger partial charge on any atom is -0.481 e. The van der Waals surface area contributed by atoms with Gasteiger partial charge in [0.25, 0.3) is 0 Å². The minimum atomic E-state index is -1.04. The Balaban J connectivity index is 3.77. The van der Waals surface area contributed by atoms with Gasteiger partial charge in [-0.1, -0.05) is 20.8 Å². The summed E-state index contributed by atoms with van der Waals surface area (Å²) in [7, 11) is 0. The van der Waals surface area contributed by atoms with Gasteiger partial charge in [0.1, 0.15) is 5.92 Å². The smallest absolute Gasteiger partial charge is 0.316 e. The molecule has 0 aromatic carbocycles. The van der Waals surface area contributed by atoms with E-state index in [0.717, 1.165) is 12.8 Å². The van der Waals surface area contributed by atoms with Crippen LogP contribution in [0.4, 0.5) is 0 Å². The van der Waals surface area contributed by atoms with E-state index in [1.807, 2.05) is 0 Å². The molecule has 0 aromatic rings. The summed E-state index contributed by atoms with van der Waals surface area (Å²) in [4.78, 5) is 22.0. The number of carbonyl (C=O) groups excluding carboxylic acids is 1. The average Bonchev–Trinajstić information content (AvgIpc) is 2.12. The van der Waals surface area contributed by atoms with E-state index in [1.54, 1.807) is 6.92 Å². The van der Waals surface area contributed by atoms with Crippen LogP contribution in [0.1, 0.15) is 40.0 Å². The molecule has 1 amide bonds. The number of carbonyl (C=O) groups is 2. The SMILES string of the molecule is CCC(C(=O)O)C(=O)NCCCC(C)C. The van der Waals surface area contributed by atoms with Gasteiger partial charge in [-0.25, -0.2) is 0 Å². The molecule has 15 heavy (non-hydrogen) atoms. The summed E-state index contributed by atoms with van der Waals surface area (Å²) in [6.07, 6.45) is 2.29. The number of aliphatic carboxylic acids is 1. The molecule has 2 N–H and O–H groups in total. The fourth-order valence-electron chi connectivity index (χ4n) is 1.32. The third-order valence-electron chi connectivity index (χ3n) is 2.28. The summed E-state index contributed by atoms with van der Waals surface area (Å²) in [5, 5.41) is 11.4. The highest BCUT2D eigenvalue weighted by Gasteiger charge is 2.23. The third kappa shape index (κ3) is 6.10. The predicted octanol–water partition coefficient (Wildman–Crippen LogP) is 1.65. The molecule has 0 aliphatic heterocycles. The van der Waals surface area contributed by atoms with Gasteiger partial charge in [0.2, 0.25) is 5.91 Å². The molecule has 0 fully saturated rings. The van der Waals surface area contributed by atoms with E-state index in [9.17, 15) is 9.59 Å². The molecule has 0 heterocycles. The van der Waals surface area contributed by atoms with Gasteiger partial charge < -0.3 is 10.4 Å². The second kappa shape index (κ2) is 7.26. The lowest BCUT2D eigenvalue weighted by atomic mass is 10.1. The first-order valence-electron chi connectivity index (χ1n) is 5.49. The topological polar surface area (TPSA) is 66.4 Å². The van der Waals surface area contributed by atoms with Gasteiger partial charge in [0.15, 0.2) is 0 Å². The maximum absolute atomic E-state index is 11.4. The fraction of sp³-hybridized carbons (Fsp3) is 0.818. The van der Waals surface area contributed by atoms with Crippen LogP contribution in [-0.4, -0.2) is 23.5 Å². The van der Waals surface area contributed by atoms with Crippen LogP contribution in [0.5, 0.6) is 0 Å². The molecule has 0 saturated heterocycles. The zero-order valence-corrected chi connectivity index (χ0v) is 9.75. The predicted molar refractivity (Wildman–Crippen MR) is 58.5 cm³/mol. The van der Waals surface area contributed by atoms with E-state index in [4.69, 9.17) is 5.11 Å². The number of carboxylic acids is 1. The number of nitrogens with one attached hydrogen (secondary N) is 1. The number of amides is 1. The Morgan fingerprint density at radius 1 is 1.33 bits per heavy atom. The molecule has 1 atom stereocenters. The summed E-state index contributed by atoms with van der Waals surface area (Å²) in [6, 6.07) is 0. The zero-order valence-electron chi connectivity index (χ0n) is 9.75. The Morgan fingerprint density at radius 2 is 1.93 bits per heavy atom. The van der Waals surface area contributed by atoms with Gasteiger partial charge in [0.05, 0.1) is 0 Å². The summed E-state index contributed by atoms with van der Waals surface area (Å²) in [5.41, 5.74) is 0. The van der Waals surface area contributed by atoms with E-state index >= 15 is 0 Å². The Labute approximate surface area is 91.1 Å². The Morgan fingerprint density at radius 3 is 2.33 bits per heavy atom. The van der Waals surface area contributed by atoms with Crippen LogP contribution in [0.2, 0.25) is 0 Å². The van der Waals surface area contributed by atoms with Crippen molar-refractivity contribution in [2.45, 2.75) is 40.0 Å². The molecule has 4 heteroatoms. The van der Waals surface area contributed by atoms with Gasteiger partial charge in [-0.2, -0.15) is 0 Å². The Bertz CT molecular complexity index is 214. The quantitative estimate of drug-likeness (QED) is 0.501. The summed E-state index contributed by atoms with van der Waals surface area (Å²) in [6.45, 7) is 6.51. The first kappa shape index (κ1) is 13.9. The normalized spacial score (nSPS) is 12.5. The second-order valence-electron chi connectivity index (χ2n) is 4.13. The number of hydrogen-bond donors (Lipinski definition) is 2. The van der Waals surface area contributed by atoms with Crippen LogP contribution < -0.4 is 5.32 Å². The highest BCUT2D eigenvalue weighted by molar-refractivity contribution is 5.96. The summed E-state index contributed by atoms with van der Waals surface area (Å²) < 4.78 is 0. The molecule has 88 valence electrons. The van der Waals surface area contributed by atoms with Crippen molar-refractivity contribution < 1.29 is 14.7 Å². The molecule has 0 aliphatic carbocycles. The fourth-order valence-corrected chi connectivity index (χ4v) is 1.32.